The van der Waals surface area contributed by atoms with Gasteiger partial charge in [0.1, 0.15) is 5.69 Å². The van der Waals surface area contributed by atoms with Gasteiger partial charge in [0.15, 0.2) is 5.78 Å². The minimum atomic E-state index is -0.486. The van der Waals surface area contributed by atoms with Crippen LogP contribution in [0.25, 0.3) is 0 Å². The number of aromatic nitrogens is 2. The third-order valence-corrected chi connectivity index (χ3v) is 4.97. The molecule has 2 heterocycles. The molecule has 0 radical (unpaired) electrons. The van der Waals surface area contributed by atoms with Gasteiger partial charge in [0, 0.05) is 42.3 Å². The number of hydrogen-bond donors (Lipinski definition) is 1. The van der Waals surface area contributed by atoms with E-state index in [4.69, 9.17) is 4.74 Å². The molecule has 168 valence electrons. The van der Waals surface area contributed by atoms with Gasteiger partial charge >= 0.3 is 12.0 Å². The fourth-order valence-electron chi connectivity index (χ4n) is 3.62. The van der Waals surface area contributed by atoms with E-state index < -0.39 is 11.5 Å². The summed E-state index contributed by atoms with van der Waals surface area (Å²) < 4.78 is 6.68. The van der Waals surface area contributed by atoms with Crippen LogP contribution in [-0.4, -0.2) is 51.4 Å². The molecular formula is C23H32N4O4. The summed E-state index contributed by atoms with van der Waals surface area (Å²) in [4.78, 5) is 44.1. The van der Waals surface area contributed by atoms with E-state index in [-0.39, 0.29) is 24.9 Å². The molecule has 2 aromatic rings. The van der Waals surface area contributed by atoms with E-state index in [0.717, 1.165) is 5.56 Å². The van der Waals surface area contributed by atoms with Gasteiger partial charge in [-0.05, 0) is 64.8 Å². The number of pyridine rings is 1. The number of ketones is 1. The number of nitrogens with one attached hydrogen (secondary N) is 1. The molecule has 2 aromatic heterocycles. The maximum atomic E-state index is 13.3. The number of carbonyl (C=O) groups excluding carboxylic acids is 3. The van der Waals surface area contributed by atoms with E-state index in [9.17, 15) is 14.4 Å². The van der Waals surface area contributed by atoms with Gasteiger partial charge in [-0.2, -0.15) is 0 Å². The molecule has 0 spiro atoms. The zero-order valence-corrected chi connectivity index (χ0v) is 19.4. The minimum Gasteiger partial charge on any atom is -0.464 e. The zero-order chi connectivity index (χ0) is 23.3. The summed E-state index contributed by atoms with van der Waals surface area (Å²) in [6, 6.07) is 3.28. The predicted octanol–water partition coefficient (Wildman–Crippen LogP) is 3.50. The second kappa shape index (κ2) is 9.76. The van der Waals surface area contributed by atoms with Crippen LogP contribution in [0, 0.1) is 13.8 Å². The normalized spacial score (nSPS) is 11.2. The summed E-state index contributed by atoms with van der Waals surface area (Å²) in [5.74, 6) is -0.717. The summed E-state index contributed by atoms with van der Waals surface area (Å²) in [5, 5.41) is 2.92. The molecule has 0 aromatic carbocycles. The van der Waals surface area contributed by atoms with Crippen LogP contribution in [-0.2, 0) is 17.8 Å². The number of methoxy groups -OCH3 is 1. The third-order valence-electron chi connectivity index (χ3n) is 4.97. The van der Waals surface area contributed by atoms with Crippen LogP contribution in [0.2, 0.25) is 0 Å². The molecule has 8 nitrogen and oxygen atoms in total. The van der Waals surface area contributed by atoms with Gasteiger partial charge in [0.2, 0.25) is 0 Å². The van der Waals surface area contributed by atoms with Crippen LogP contribution in [0.3, 0.4) is 0 Å². The Morgan fingerprint density at radius 2 is 1.77 bits per heavy atom. The first kappa shape index (κ1) is 24.1. The quantitative estimate of drug-likeness (QED) is 0.538. The number of nitrogens with zero attached hydrogens (tertiary/aromatic N) is 3. The van der Waals surface area contributed by atoms with Crippen molar-refractivity contribution in [2.45, 2.75) is 60.2 Å². The predicted molar refractivity (Wildman–Crippen MR) is 118 cm³/mol. The Balaban J connectivity index is 2.40. The molecule has 0 bridgehead atoms. The van der Waals surface area contributed by atoms with Gasteiger partial charge in [-0.25, -0.2) is 9.59 Å². The monoisotopic (exact) mass is 428 g/mol. The summed E-state index contributed by atoms with van der Waals surface area (Å²) in [6.45, 7) is 11.8. The number of carbonyl (C=O) groups is 3. The SMILES string of the molecule is CCn1c(C)c(C(=O)CN(Cc2ccncc2)C(=O)NC(C)(C)C)c(C)c1C(=O)OC. The lowest BCUT2D eigenvalue weighted by molar-refractivity contribution is 0.0587. The number of esters is 1. The molecule has 0 atom stereocenters. The minimum absolute atomic E-state index is 0.125. The fourth-order valence-corrected chi connectivity index (χ4v) is 3.62. The Morgan fingerprint density at radius 3 is 2.29 bits per heavy atom. The summed E-state index contributed by atoms with van der Waals surface area (Å²) in [6.07, 6.45) is 3.30. The summed E-state index contributed by atoms with van der Waals surface area (Å²) in [5.41, 5.74) is 2.48. The molecular weight excluding hydrogens is 396 g/mol. The Morgan fingerprint density at radius 1 is 1.16 bits per heavy atom. The molecule has 2 rings (SSSR count). The highest BCUT2D eigenvalue weighted by Crippen LogP contribution is 2.24. The van der Waals surface area contributed by atoms with E-state index in [2.05, 4.69) is 10.3 Å². The average Bonchev–Trinajstić information content (AvgIpc) is 2.95. The van der Waals surface area contributed by atoms with Crippen molar-refractivity contribution >= 4 is 17.8 Å². The van der Waals surface area contributed by atoms with E-state index in [0.29, 0.717) is 29.1 Å². The highest BCUT2D eigenvalue weighted by molar-refractivity contribution is 6.04. The number of ether oxygens (including phenoxy) is 1. The third kappa shape index (κ3) is 5.71. The van der Waals surface area contributed by atoms with E-state index in [1.54, 1.807) is 42.9 Å². The lowest BCUT2D eigenvalue weighted by Crippen LogP contribution is -2.49. The van der Waals surface area contributed by atoms with Gasteiger partial charge in [-0.1, -0.05) is 0 Å². The highest BCUT2D eigenvalue weighted by Gasteiger charge is 2.29. The first-order chi connectivity index (χ1) is 14.5. The topological polar surface area (TPSA) is 93.5 Å². The van der Waals surface area contributed by atoms with E-state index in [1.807, 2.05) is 27.7 Å². The van der Waals surface area contributed by atoms with Gasteiger partial charge in [-0.3, -0.25) is 9.78 Å². The van der Waals surface area contributed by atoms with Crippen LogP contribution >= 0.6 is 0 Å². The van der Waals surface area contributed by atoms with Crippen molar-refractivity contribution in [3.8, 4) is 0 Å². The molecule has 31 heavy (non-hydrogen) atoms. The maximum absolute atomic E-state index is 13.3. The Bertz CT molecular complexity index is 958. The van der Waals surface area contributed by atoms with Gasteiger partial charge in [0.05, 0.1) is 13.7 Å². The zero-order valence-electron chi connectivity index (χ0n) is 19.4. The van der Waals surface area contributed by atoms with Crippen molar-refractivity contribution in [3.05, 3.63) is 52.6 Å². The van der Waals surface area contributed by atoms with Gasteiger partial charge in [-0.15, -0.1) is 0 Å². The van der Waals surface area contributed by atoms with Gasteiger partial charge in [0.25, 0.3) is 0 Å². The average molecular weight is 429 g/mol. The number of Topliss-reactive ketones (excluding diaryl/α,β-unsaturated/α-hetero) is 1. The molecule has 2 amide bonds. The van der Waals surface area contributed by atoms with Crippen LogP contribution in [0.5, 0.6) is 0 Å². The smallest absolute Gasteiger partial charge is 0.354 e. The maximum Gasteiger partial charge on any atom is 0.354 e. The van der Waals surface area contributed by atoms with E-state index in [1.165, 1.54) is 12.0 Å². The summed E-state index contributed by atoms with van der Waals surface area (Å²) >= 11 is 0. The van der Waals surface area contributed by atoms with Crippen molar-refractivity contribution in [1.29, 1.82) is 0 Å². The number of hydrogen-bond acceptors (Lipinski definition) is 5. The lowest BCUT2D eigenvalue weighted by Gasteiger charge is -2.28. The van der Waals surface area contributed by atoms with Crippen LogP contribution in [0.4, 0.5) is 4.79 Å². The lowest BCUT2D eigenvalue weighted by atomic mass is 10.0. The number of urea groups is 1. The first-order valence-electron chi connectivity index (χ1n) is 10.3. The van der Waals surface area contributed by atoms with Crippen molar-refractivity contribution < 1.29 is 19.1 Å². The second-order valence-corrected chi connectivity index (χ2v) is 8.48. The standard InChI is InChI=1S/C23H32N4O4/c1-8-27-16(3)19(15(2)20(27)21(29)31-7)18(28)14-26(22(30)25-23(4,5)6)13-17-9-11-24-12-10-17/h9-12H,8,13-14H2,1-7H3,(H,25,30). The second-order valence-electron chi connectivity index (χ2n) is 8.48. The Hall–Kier alpha value is -3.16. The molecule has 0 aliphatic rings. The number of rotatable bonds is 7. The van der Waals surface area contributed by atoms with E-state index >= 15 is 0 Å². The van der Waals surface area contributed by atoms with Gasteiger partial charge < -0.3 is 19.5 Å². The van der Waals surface area contributed by atoms with Crippen molar-refractivity contribution in [2.75, 3.05) is 13.7 Å². The molecule has 0 unspecified atom stereocenters. The van der Waals surface area contributed by atoms with Crippen molar-refractivity contribution in [3.63, 3.8) is 0 Å². The molecule has 0 fully saturated rings. The van der Waals surface area contributed by atoms with Crippen molar-refractivity contribution in [2.24, 2.45) is 0 Å². The number of amides is 2. The molecule has 0 saturated heterocycles. The first-order valence-corrected chi connectivity index (χ1v) is 10.3. The molecule has 0 aliphatic carbocycles. The molecule has 0 aliphatic heterocycles. The highest BCUT2D eigenvalue weighted by atomic mass is 16.5. The molecule has 1 N–H and O–H groups in total. The Labute approximate surface area is 183 Å². The van der Waals surface area contributed by atoms with Crippen molar-refractivity contribution in [1.82, 2.24) is 19.8 Å². The van der Waals surface area contributed by atoms with Crippen LogP contribution in [0.1, 0.15) is 65.4 Å². The van der Waals surface area contributed by atoms with Crippen LogP contribution in [0.15, 0.2) is 24.5 Å². The molecule has 8 heteroatoms. The Kier molecular flexibility index (Phi) is 7.60. The molecule has 0 saturated carbocycles. The summed E-state index contributed by atoms with van der Waals surface area (Å²) in [7, 11) is 1.32. The largest absolute Gasteiger partial charge is 0.464 e. The fraction of sp³-hybridized carbons (Fsp3) is 0.478. The van der Waals surface area contributed by atoms with Crippen LogP contribution < -0.4 is 5.32 Å².